The van der Waals surface area contributed by atoms with Crippen LogP contribution in [0.1, 0.15) is 16.7 Å². The first-order valence-electron chi connectivity index (χ1n) is 9.16. The average Bonchev–Trinajstić information content (AvgIpc) is 2.68. The highest BCUT2D eigenvalue weighted by atomic mass is 15.1. The van der Waals surface area contributed by atoms with Gasteiger partial charge in [0.1, 0.15) is 7.05 Å². The van der Waals surface area contributed by atoms with Crippen LogP contribution < -0.4 is 14.4 Å². The fraction of sp³-hybridized carbons (Fsp3) is 0.208. The summed E-state index contributed by atoms with van der Waals surface area (Å²) in [4.78, 5) is 4.24. The fourth-order valence-corrected chi connectivity index (χ4v) is 2.99. The monoisotopic (exact) mass is 358 g/mol. The standard InChI is InChI=1S/C24H28N3/c1-25(2)22-10-6-20(7-11-22)24(18-19-14-16-27(5)17-15-19)21-8-12-23(13-9-21)26(3)4/h6-18H,1-5H3/q+1. The minimum absolute atomic E-state index is 1.19. The molecule has 0 saturated heterocycles. The van der Waals surface area contributed by atoms with Gasteiger partial charge in [-0.05, 0) is 52.6 Å². The number of benzene rings is 2. The van der Waals surface area contributed by atoms with Crippen LogP contribution in [0.2, 0.25) is 0 Å². The predicted octanol–water partition coefficient (Wildman–Crippen LogP) is 4.23. The molecule has 0 radical (unpaired) electrons. The molecule has 1 aromatic heterocycles. The lowest BCUT2D eigenvalue weighted by molar-refractivity contribution is -0.671. The zero-order valence-electron chi connectivity index (χ0n) is 16.8. The van der Waals surface area contributed by atoms with Crippen LogP contribution in [-0.4, -0.2) is 28.2 Å². The largest absolute Gasteiger partial charge is 0.378 e. The fourth-order valence-electron chi connectivity index (χ4n) is 2.99. The van der Waals surface area contributed by atoms with Crippen LogP contribution in [0, 0.1) is 0 Å². The topological polar surface area (TPSA) is 10.4 Å². The maximum absolute atomic E-state index is 2.26. The van der Waals surface area contributed by atoms with Gasteiger partial charge < -0.3 is 9.80 Å². The first kappa shape index (κ1) is 18.7. The van der Waals surface area contributed by atoms with Crippen molar-refractivity contribution in [3.63, 3.8) is 0 Å². The zero-order chi connectivity index (χ0) is 19.4. The summed E-state index contributed by atoms with van der Waals surface area (Å²) >= 11 is 0. The third kappa shape index (κ3) is 4.56. The second-order valence-corrected chi connectivity index (χ2v) is 7.24. The molecular weight excluding hydrogens is 330 g/mol. The highest BCUT2D eigenvalue weighted by Crippen LogP contribution is 2.28. The van der Waals surface area contributed by atoms with Gasteiger partial charge >= 0.3 is 0 Å². The Morgan fingerprint density at radius 1 is 0.667 bits per heavy atom. The van der Waals surface area contributed by atoms with Crippen LogP contribution in [0.3, 0.4) is 0 Å². The van der Waals surface area contributed by atoms with Crippen molar-refractivity contribution >= 4 is 23.0 Å². The Labute approximate surface area is 162 Å². The Morgan fingerprint density at radius 3 is 1.44 bits per heavy atom. The van der Waals surface area contributed by atoms with E-state index in [1.165, 1.54) is 33.6 Å². The molecule has 0 bridgehead atoms. The van der Waals surface area contributed by atoms with Crippen molar-refractivity contribution in [1.29, 1.82) is 0 Å². The van der Waals surface area contributed by atoms with Crippen LogP contribution in [0.25, 0.3) is 11.6 Å². The number of anilines is 2. The number of aryl methyl sites for hydroxylation is 1. The molecule has 3 nitrogen and oxygen atoms in total. The van der Waals surface area contributed by atoms with E-state index in [1.807, 2.05) is 7.05 Å². The van der Waals surface area contributed by atoms with Crippen molar-refractivity contribution in [2.75, 3.05) is 38.0 Å². The highest BCUT2D eigenvalue weighted by molar-refractivity contribution is 5.91. The first-order chi connectivity index (χ1) is 12.9. The second-order valence-electron chi connectivity index (χ2n) is 7.24. The summed E-state index contributed by atoms with van der Waals surface area (Å²) in [5.74, 6) is 0. The van der Waals surface area contributed by atoms with Gasteiger partial charge in [0.25, 0.3) is 0 Å². The van der Waals surface area contributed by atoms with Crippen molar-refractivity contribution < 1.29 is 4.57 Å². The molecule has 0 aliphatic carbocycles. The number of rotatable bonds is 5. The van der Waals surface area contributed by atoms with Crippen molar-refractivity contribution in [3.05, 3.63) is 89.7 Å². The normalized spacial score (nSPS) is 10.4. The molecule has 0 spiro atoms. The van der Waals surface area contributed by atoms with Crippen LogP contribution in [0.5, 0.6) is 0 Å². The quantitative estimate of drug-likeness (QED) is 0.632. The molecule has 0 N–H and O–H groups in total. The molecule has 0 atom stereocenters. The molecule has 0 aliphatic heterocycles. The van der Waals surface area contributed by atoms with Crippen LogP contribution >= 0.6 is 0 Å². The van der Waals surface area contributed by atoms with Gasteiger partial charge in [0.15, 0.2) is 12.4 Å². The van der Waals surface area contributed by atoms with Crippen molar-refractivity contribution in [1.82, 2.24) is 0 Å². The van der Waals surface area contributed by atoms with Crippen molar-refractivity contribution in [2.24, 2.45) is 7.05 Å². The number of nitrogens with zero attached hydrogens (tertiary/aromatic N) is 3. The molecule has 0 fully saturated rings. The summed E-state index contributed by atoms with van der Waals surface area (Å²) in [6.07, 6.45) is 6.41. The second kappa shape index (κ2) is 8.09. The van der Waals surface area contributed by atoms with Crippen LogP contribution in [0.15, 0.2) is 73.1 Å². The predicted molar refractivity (Wildman–Crippen MR) is 116 cm³/mol. The summed E-state index contributed by atoms with van der Waals surface area (Å²) in [6, 6.07) is 21.8. The molecule has 27 heavy (non-hydrogen) atoms. The molecule has 3 aromatic rings. The Morgan fingerprint density at radius 2 is 1.07 bits per heavy atom. The van der Waals surface area contributed by atoms with Gasteiger partial charge in [-0.15, -0.1) is 0 Å². The van der Waals surface area contributed by atoms with Gasteiger partial charge in [0.05, 0.1) is 0 Å². The molecule has 0 saturated carbocycles. The van der Waals surface area contributed by atoms with E-state index in [0.29, 0.717) is 0 Å². The van der Waals surface area contributed by atoms with Crippen LogP contribution in [0.4, 0.5) is 11.4 Å². The Balaban J connectivity index is 2.06. The van der Waals surface area contributed by atoms with E-state index in [-0.39, 0.29) is 0 Å². The summed E-state index contributed by atoms with van der Waals surface area (Å²) in [6.45, 7) is 0. The molecule has 3 heteroatoms. The van der Waals surface area contributed by atoms with E-state index >= 15 is 0 Å². The third-order valence-corrected chi connectivity index (χ3v) is 4.70. The van der Waals surface area contributed by atoms with Crippen molar-refractivity contribution in [3.8, 4) is 0 Å². The zero-order valence-corrected chi connectivity index (χ0v) is 16.8. The van der Waals surface area contributed by atoms with Gasteiger partial charge in [-0.25, -0.2) is 4.57 Å². The summed E-state index contributed by atoms with van der Waals surface area (Å²) in [5, 5.41) is 0. The molecule has 0 aliphatic rings. The van der Waals surface area contributed by atoms with E-state index in [0.717, 1.165) is 0 Å². The lowest BCUT2D eigenvalue weighted by atomic mass is 9.95. The molecule has 0 amide bonds. The SMILES string of the molecule is CN(C)c1ccc(C(=Cc2cc[n+](C)cc2)c2ccc(N(C)C)cc2)cc1. The Kier molecular flexibility index (Phi) is 5.60. The maximum Gasteiger partial charge on any atom is 0.169 e. The molecule has 1 heterocycles. The van der Waals surface area contributed by atoms with E-state index in [2.05, 4.69) is 122 Å². The maximum atomic E-state index is 2.26. The number of pyridine rings is 1. The van der Waals surface area contributed by atoms with Gasteiger partial charge in [0, 0.05) is 51.7 Å². The average molecular weight is 359 g/mol. The number of hydrogen-bond donors (Lipinski definition) is 0. The molecule has 2 aromatic carbocycles. The van der Waals surface area contributed by atoms with E-state index in [9.17, 15) is 0 Å². The lowest BCUT2D eigenvalue weighted by Crippen LogP contribution is -2.25. The van der Waals surface area contributed by atoms with E-state index in [4.69, 9.17) is 0 Å². The van der Waals surface area contributed by atoms with E-state index < -0.39 is 0 Å². The number of hydrogen-bond acceptors (Lipinski definition) is 2. The summed E-state index contributed by atoms with van der Waals surface area (Å²) in [5.41, 5.74) is 7.24. The Hall–Kier alpha value is -3.07. The highest BCUT2D eigenvalue weighted by Gasteiger charge is 2.08. The minimum Gasteiger partial charge on any atom is -0.378 e. The molecule has 3 rings (SSSR count). The van der Waals surface area contributed by atoms with Crippen LogP contribution in [-0.2, 0) is 7.05 Å². The Bertz CT molecular complexity index is 850. The molecular formula is C24H28N3+. The van der Waals surface area contributed by atoms with Gasteiger partial charge in [-0.2, -0.15) is 0 Å². The van der Waals surface area contributed by atoms with Gasteiger partial charge in [0.2, 0.25) is 0 Å². The molecule has 138 valence electrons. The van der Waals surface area contributed by atoms with Crippen molar-refractivity contribution in [2.45, 2.75) is 0 Å². The van der Waals surface area contributed by atoms with E-state index in [1.54, 1.807) is 0 Å². The van der Waals surface area contributed by atoms with Gasteiger partial charge in [-0.1, -0.05) is 24.3 Å². The molecule has 0 unspecified atom stereocenters. The first-order valence-corrected chi connectivity index (χ1v) is 9.16. The third-order valence-electron chi connectivity index (χ3n) is 4.70. The summed E-state index contributed by atoms with van der Waals surface area (Å²) in [7, 11) is 10.3. The lowest BCUT2D eigenvalue weighted by Gasteiger charge is -2.16. The number of aromatic nitrogens is 1. The smallest absolute Gasteiger partial charge is 0.169 e. The minimum atomic E-state index is 1.19. The van der Waals surface area contributed by atoms with Gasteiger partial charge in [-0.3, -0.25) is 0 Å². The summed E-state index contributed by atoms with van der Waals surface area (Å²) < 4.78 is 2.05.